The fraction of sp³-hybridized carbons (Fsp3) is 0.324. The van der Waals surface area contributed by atoms with Gasteiger partial charge in [-0.1, -0.05) is 108 Å². The molecule has 0 spiro atoms. The SMILES string of the molecule is CC(C)(C)OC(=O)N1Cc2cc(OCc3ccccc3)ccc2C[C@H]1C(=O)N[C@@H](CC1=CC[C@](I)(c2ccccc2)C=C1)C(=O)O. The normalized spacial score (nSPS) is 19.8. The number of hydrogen-bond acceptors (Lipinski definition) is 5. The van der Waals surface area contributed by atoms with Crippen molar-refractivity contribution in [3.05, 3.63) is 125 Å². The Morgan fingerprint density at radius 1 is 1.02 bits per heavy atom. The minimum Gasteiger partial charge on any atom is -0.489 e. The van der Waals surface area contributed by atoms with E-state index >= 15 is 0 Å². The maximum Gasteiger partial charge on any atom is 0.411 e. The number of carboxylic acids is 1. The van der Waals surface area contributed by atoms with Crippen LogP contribution in [0, 0.1) is 0 Å². The summed E-state index contributed by atoms with van der Waals surface area (Å²) in [6.45, 7) is 5.81. The van der Waals surface area contributed by atoms with Crippen LogP contribution in [-0.4, -0.2) is 45.7 Å². The molecule has 2 N–H and O–H groups in total. The highest BCUT2D eigenvalue weighted by molar-refractivity contribution is 14.1. The summed E-state index contributed by atoms with van der Waals surface area (Å²) in [5, 5.41) is 12.8. The first-order valence-electron chi connectivity index (χ1n) is 15.3. The second kappa shape index (κ2) is 14.1. The zero-order valence-corrected chi connectivity index (χ0v) is 28.4. The number of carbonyl (C=O) groups excluding carboxylic acids is 2. The number of halogens is 1. The number of ether oxygens (including phenoxy) is 2. The van der Waals surface area contributed by atoms with Crippen molar-refractivity contribution in [2.75, 3.05) is 0 Å². The molecule has 1 heterocycles. The Labute approximate surface area is 283 Å². The number of nitrogens with zero attached hydrogens (tertiary/aromatic N) is 1. The van der Waals surface area contributed by atoms with Gasteiger partial charge in [-0.2, -0.15) is 0 Å². The molecule has 240 valence electrons. The lowest BCUT2D eigenvalue weighted by Crippen LogP contribution is -2.56. The van der Waals surface area contributed by atoms with Gasteiger partial charge >= 0.3 is 12.1 Å². The summed E-state index contributed by atoms with van der Waals surface area (Å²) in [5.41, 5.74) is 3.97. The van der Waals surface area contributed by atoms with Crippen molar-refractivity contribution >= 4 is 40.6 Å². The van der Waals surface area contributed by atoms with Crippen molar-refractivity contribution in [3.63, 3.8) is 0 Å². The standard InChI is InChI=1S/C37H39IN2O6/c1-36(2,3)46-35(44)40-23-28-21-30(45-24-26-10-6-4-7-11-26)15-14-27(28)22-32(40)33(41)39-31(34(42)43)20-25-16-18-37(38,19-17-25)29-12-8-5-9-13-29/h4-18,21,31-32H,19-20,22-24H2,1-3H3,(H,39,41)(H,42,43)/t31-,32-,37-/m0/s1. The molecule has 3 aromatic carbocycles. The van der Waals surface area contributed by atoms with Gasteiger partial charge in [0.25, 0.3) is 0 Å². The molecule has 2 aliphatic rings. The molecule has 3 aromatic rings. The van der Waals surface area contributed by atoms with Gasteiger partial charge < -0.3 is 19.9 Å². The molecule has 8 nitrogen and oxygen atoms in total. The Morgan fingerprint density at radius 2 is 1.72 bits per heavy atom. The van der Waals surface area contributed by atoms with Crippen molar-refractivity contribution in [2.45, 2.75) is 74.3 Å². The number of hydrogen-bond donors (Lipinski definition) is 2. The number of aliphatic carboxylic acids is 1. The van der Waals surface area contributed by atoms with E-state index in [2.05, 4.69) is 46.1 Å². The molecule has 0 radical (unpaired) electrons. The Balaban J connectivity index is 1.31. The van der Waals surface area contributed by atoms with Gasteiger partial charge in [0.05, 0.1) is 9.97 Å². The molecule has 0 saturated carbocycles. The highest BCUT2D eigenvalue weighted by Crippen LogP contribution is 2.41. The monoisotopic (exact) mass is 734 g/mol. The smallest absolute Gasteiger partial charge is 0.411 e. The Bertz CT molecular complexity index is 1630. The third-order valence-corrected chi connectivity index (χ3v) is 9.44. The summed E-state index contributed by atoms with van der Waals surface area (Å²) in [5.74, 6) is -1.03. The topological polar surface area (TPSA) is 105 Å². The van der Waals surface area contributed by atoms with Gasteiger partial charge in [0.1, 0.15) is 30.0 Å². The number of carboxylic acid groups (broad SMARTS) is 1. The molecule has 0 unspecified atom stereocenters. The number of fused-ring (bicyclic) bond motifs is 1. The minimum atomic E-state index is -1.17. The van der Waals surface area contributed by atoms with Crippen LogP contribution >= 0.6 is 22.6 Å². The summed E-state index contributed by atoms with van der Waals surface area (Å²) >= 11 is 2.41. The maximum absolute atomic E-state index is 13.8. The van der Waals surface area contributed by atoms with Crippen molar-refractivity contribution in [1.82, 2.24) is 10.2 Å². The molecular weight excluding hydrogens is 695 g/mol. The molecule has 2 amide bonds. The maximum atomic E-state index is 13.8. The number of nitrogens with one attached hydrogen (secondary N) is 1. The molecule has 3 atom stereocenters. The highest BCUT2D eigenvalue weighted by Gasteiger charge is 2.39. The van der Waals surface area contributed by atoms with Gasteiger partial charge in [-0.3, -0.25) is 9.69 Å². The Hall–Kier alpha value is -4.12. The van der Waals surface area contributed by atoms with Gasteiger partial charge in [0.2, 0.25) is 5.91 Å². The van der Waals surface area contributed by atoms with Crippen molar-refractivity contribution in [2.24, 2.45) is 0 Å². The summed E-state index contributed by atoms with van der Waals surface area (Å²) in [4.78, 5) is 40.9. The Morgan fingerprint density at radius 3 is 2.35 bits per heavy atom. The first-order chi connectivity index (χ1) is 21.9. The van der Waals surface area contributed by atoms with Crippen molar-refractivity contribution in [3.8, 4) is 5.75 Å². The predicted octanol–water partition coefficient (Wildman–Crippen LogP) is 7.10. The van der Waals surface area contributed by atoms with Crippen LogP contribution in [-0.2, 0) is 37.3 Å². The van der Waals surface area contributed by atoms with Crippen LogP contribution < -0.4 is 10.1 Å². The van der Waals surface area contributed by atoms with Crippen LogP contribution in [0.25, 0.3) is 0 Å². The Kier molecular flexibility index (Phi) is 10.2. The molecule has 46 heavy (non-hydrogen) atoms. The number of amides is 2. The highest BCUT2D eigenvalue weighted by atomic mass is 127. The largest absolute Gasteiger partial charge is 0.489 e. The van der Waals surface area contributed by atoms with Gasteiger partial charge in [0, 0.05) is 12.8 Å². The van der Waals surface area contributed by atoms with E-state index in [0.29, 0.717) is 18.8 Å². The van der Waals surface area contributed by atoms with E-state index in [9.17, 15) is 19.5 Å². The van der Waals surface area contributed by atoms with Gasteiger partial charge in [-0.25, -0.2) is 9.59 Å². The average Bonchev–Trinajstić information content (AvgIpc) is 3.03. The predicted molar refractivity (Wildman–Crippen MR) is 185 cm³/mol. The second-order valence-electron chi connectivity index (χ2n) is 12.7. The van der Waals surface area contributed by atoms with Crippen LogP contribution in [0.5, 0.6) is 5.75 Å². The third kappa shape index (κ3) is 8.37. The lowest BCUT2D eigenvalue weighted by atomic mass is 9.88. The molecule has 5 rings (SSSR count). The van der Waals surface area contributed by atoms with Gasteiger partial charge in [-0.15, -0.1) is 0 Å². The minimum absolute atomic E-state index is 0.119. The van der Waals surface area contributed by atoms with E-state index in [1.807, 2.05) is 78.9 Å². The van der Waals surface area contributed by atoms with Crippen LogP contribution in [0.2, 0.25) is 0 Å². The van der Waals surface area contributed by atoms with Crippen LogP contribution in [0.1, 0.15) is 55.9 Å². The summed E-state index contributed by atoms with van der Waals surface area (Å²) in [6.07, 6.45) is 6.44. The second-order valence-corrected chi connectivity index (χ2v) is 14.6. The number of allylic oxidation sites excluding steroid dienone is 3. The summed E-state index contributed by atoms with van der Waals surface area (Å²) in [6, 6.07) is 23.5. The van der Waals surface area contributed by atoms with Crippen LogP contribution in [0.15, 0.2) is 103 Å². The van der Waals surface area contributed by atoms with E-state index in [4.69, 9.17) is 9.47 Å². The quantitative estimate of drug-likeness (QED) is 0.180. The van der Waals surface area contributed by atoms with Crippen LogP contribution in [0.3, 0.4) is 0 Å². The zero-order valence-electron chi connectivity index (χ0n) is 26.2. The first-order valence-corrected chi connectivity index (χ1v) is 16.4. The van der Waals surface area contributed by atoms with Gasteiger partial charge in [-0.05, 0) is 67.2 Å². The molecular formula is C37H39IN2O6. The summed E-state index contributed by atoms with van der Waals surface area (Å²) < 4.78 is 11.5. The fourth-order valence-electron chi connectivity index (χ4n) is 5.58. The molecule has 1 aliphatic heterocycles. The fourth-order valence-corrected chi connectivity index (χ4v) is 6.34. The molecule has 0 bridgehead atoms. The number of benzene rings is 3. The van der Waals surface area contributed by atoms with Crippen molar-refractivity contribution < 1.29 is 29.0 Å². The zero-order chi connectivity index (χ0) is 32.9. The lowest BCUT2D eigenvalue weighted by molar-refractivity contribution is -0.142. The average molecular weight is 735 g/mol. The number of rotatable bonds is 9. The van der Waals surface area contributed by atoms with E-state index in [1.165, 1.54) is 10.5 Å². The molecule has 1 aliphatic carbocycles. The van der Waals surface area contributed by atoms with Crippen LogP contribution in [0.4, 0.5) is 4.79 Å². The molecule has 0 fully saturated rings. The molecule has 0 saturated heterocycles. The summed E-state index contributed by atoms with van der Waals surface area (Å²) in [7, 11) is 0. The third-order valence-electron chi connectivity index (χ3n) is 8.02. The van der Waals surface area contributed by atoms with Gasteiger partial charge in [0.15, 0.2) is 0 Å². The van der Waals surface area contributed by atoms with E-state index < -0.39 is 35.7 Å². The van der Waals surface area contributed by atoms with E-state index in [-0.39, 0.29) is 22.8 Å². The number of carbonyl (C=O) groups is 3. The lowest BCUT2D eigenvalue weighted by Gasteiger charge is -2.37. The van der Waals surface area contributed by atoms with E-state index in [0.717, 1.165) is 22.3 Å². The van der Waals surface area contributed by atoms with Crippen molar-refractivity contribution in [1.29, 1.82) is 0 Å². The number of alkyl halides is 1. The first kappa shape index (κ1) is 33.2. The molecule has 9 heteroatoms. The molecule has 0 aromatic heterocycles. The van der Waals surface area contributed by atoms with E-state index in [1.54, 1.807) is 20.8 Å².